The standard InChI is InChI=1S/C20H24N4O2/c1-14-8-10-16(11-9-14)22-18(25)13-24(2)20(26)17-12-21-23-19(17)15-6-4-3-5-7-15/h3-11,17,19,21,23H,12-13H2,1-2H3,(H,22,25). The van der Waals surface area contributed by atoms with Gasteiger partial charge in [-0.25, -0.2) is 5.43 Å². The van der Waals surface area contributed by atoms with Gasteiger partial charge in [0.1, 0.15) is 0 Å². The second-order valence-electron chi connectivity index (χ2n) is 6.63. The van der Waals surface area contributed by atoms with Crippen molar-refractivity contribution < 1.29 is 9.59 Å². The summed E-state index contributed by atoms with van der Waals surface area (Å²) in [5, 5.41) is 2.82. The van der Waals surface area contributed by atoms with E-state index >= 15 is 0 Å². The number of carbonyl (C=O) groups is 2. The van der Waals surface area contributed by atoms with Crippen LogP contribution in [-0.2, 0) is 9.59 Å². The van der Waals surface area contributed by atoms with Crippen molar-refractivity contribution in [2.45, 2.75) is 13.0 Å². The first-order valence-corrected chi connectivity index (χ1v) is 8.69. The molecule has 0 bridgehead atoms. The van der Waals surface area contributed by atoms with Crippen molar-refractivity contribution in [3.63, 3.8) is 0 Å². The molecule has 2 atom stereocenters. The van der Waals surface area contributed by atoms with Crippen LogP contribution in [0.1, 0.15) is 17.2 Å². The number of aryl methyl sites for hydroxylation is 1. The summed E-state index contributed by atoms with van der Waals surface area (Å²) in [4.78, 5) is 26.6. The normalized spacial score (nSPS) is 19.2. The Bertz CT molecular complexity index is 761. The van der Waals surface area contributed by atoms with Gasteiger partial charge in [-0.3, -0.25) is 15.0 Å². The number of hydrogen-bond acceptors (Lipinski definition) is 4. The largest absolute Gasteiger partial charge is 0.336 e. The van der Waals surface area contributed by atoms with Gasteiger partial charge in [-0.15, -0.1) is 0 Å². The molecule has 2 aromatic rings. The Kier molecular flexibility index (Phi) is 5.65. The minimum atomic E-state index is -0.255. The summed E-state index contributed by atoms with van der Waals surface area (Å²) in [5.74, 6) is -0.523. The molecule has 3 rings (SSSR count). The van der Waals surface area contributed by atoms with Gasteiger partial charge in [0.2, 0.25) is 11.8 Å². The summed E-state index contributed by atoms with van der Waals surface area (Å²) in [5.41, 5.74) is 9.12. The second kappa shape index (κ2) is 8.12. The average Bonchev–Trinajstić information content (AvgIpc) is 3.13. The lowest BCUT2D eigenvalue weighted by molar-refractivity contribution is -0.136. The average molecular weight is 352 g/mol. The topological polar surface area (TPSA) is 73.5 Å². The molecule has 6 nitrogen and oxygen atoms in total. The summed E-state index contributed by atoms with van der Waals surface area (Å²) in [6, 6.07) is 17.3. The summed E-state index contributed by atoms with van der Waals surface area (Å²) >= 11 is 0. The Hall–Kier alpha value is -2.70. The Morgan fingerprint density at radius 2 is 1.81 bits per heavy atom. The molecular formula is C20H24N4O2. The molecule has 3 N–H and O–H groups in total. The summed E-state index contributed by atoms with van der Waals surface area (Å²) in [7, 11) is 1.66. The van der Waals surface area contributed by atoms with Crippen LogP contribution in [0.3, 0.4) is 0 Å². The SMILES string of the molecule is Cc1ccc(NC(=O)CN(C)C(=O)C2CNNC2c2ccccc2)cc1. The van der Waals surface area contributed by atoms with E-state index in [4.69, 9.17) is 0 Å². The molecule has 2 aromatic carbocycles. The maximum atomic E-state index is 12.8. The van der Waals surface area contributed by atoms with E-state index in [1.807, 2.05) is 61.5 Å². The van der Waals surface area contributed by atoms with E-state index in [2.05, 4.69) is 16.2 Å². The zero-order chi connectivity index (χ0) is 18.5. The summed E-state index contributed by atoms with van der Waals surface area (Å²) < 4.78 is 0. The number of likely N-dealkylation sites (N-methyl/N-ethyl adjacent to an activating group) is 1. The van der Waals surface area contributed by atoms with Gasteiger partial charge in [0.15, 0.2) is 0 Å². The smallest absolute Gasteiger partial charge is 0.243 e. The van der Waals surface area contributed by atoms with E-state index in [0.717, 1.165) is 16.8 Å². The van der Waals surface area contributed by atoms with Crippen molar-refractivity contribution in [1.29, 1.82) is 0 Å². The first-order chi connectivity index (χ1) is 12.5. The lowest BCUT2D eigenvalue weighted by atomic mass is 9.94. The third kappa shape index (κ3) is 4.28. The number of nitrogens with one attached hydrogen (secondary N) is 3. The number of carbonyl (C=O) groups excluding carboxylic acids is 2. The molecule has 0 spiro atoms. The lowest BCUT2D eigenvalue weighted by Gasteiger charge is -2.24. The van der Waals surface area contributed by atoms with Crippen molar-refractivity contribution in [1.82, 2.24) is 15.8 Å². The molecule has 0 aliphatic carbocycles. The van der Waals surface area contributed by atoms with Crippen LogP contribution in [0.25, 0.3) is 0 Å². The molecule has 1 heterocycles. The fourth-order valence-corrected chi connectivity index (χ4v) is 3.12. The van der Waals surface area contributed by atoms with Crippen LogP contribution in [-0.4, -0.2) is 36.9 Å². The summed E-state index contributed by atoms with van der Waals surface area (Å²) in [6.45, 7) is 2.54. The van der Waals surface area contributed by atoms with Crippen LogP contribution in [0.2, 0.25) is 0 Å². The fourth-order valence-electron chi connectivity index (χ4n) is 3.12. The Morgan fingerprint density at radius 3 is 2.50 bits per heavy atom. The monoisotopic (exact) mass is 352 g/mol. The highest BCUT2D eigenvalue weighted by Gasteiger charge is 2.35. The van der Waals surface area contributed by atoms with Crippen LogP contribution in [0.15, 0.2) is 54.6 Å². The minimum absolute atomic E-state index is 0.0186. The number of hydrogen-bond donors (Lipinski definition) is 3. The first kappa shape index (κ1) is 18.1. The Morgan fingerprint density at radius 1 is 1.12 bits per heavy atom. The Balaban J connectivity index is 1.60. The molecule has 1 fully saturated rings. The van der Waals surface area contributed by atoms with Crippen molar-refractivity contribution in [2.24, 2.45) is 5.92 Å². The molecule has 1 aliphatic heterocycles. The number of nitrogens with zero attached hydrogens (tertiary/aromatic N) is 1. The highest BCUT2D eigenvalue weighted by atomic mass is 16.2. The van der Waals surface area contributed by atoms with Gasteiger partial charge in [0.05, 0.1) is 18.5 Å². The quantitative estimate of drug-likeness (QED) is 0.768. The van der Waals surface area contributed by atoms with Crippen molar-refractivity contribution in [3.05, 3.63) is 65.7 Å². The number of rotatable bonds is 5. The van der Waals surface area contributed by atoms with Gasteiger partial charge < -0.3 is 10.2 Å². The van der Waals surface area contributed by atoms with E-state index in [0.29, 0.717) is 6.54 Å². The highest BCUT2D eigenvalue weighted by Crippen LogP contribution is 2.26. The van der Waals surface area contributed by atoms with Gasteiger partial charge in [-0.2, -0.15) is 0 Å². The predicted octanol–water partition coefficient (Wildman–Crippen LogP) is 1.86. The van der Waals surface area contributed by atoms with Crippen LogP contribution in [0, 0.1) is 12.8 Å². The molecule has 1 saturated heterocycles. The van der Waals surface area contributed by atoms with E-state index < -0.39 is 0 Å². The molecule has 1 aliphatic rings. The zero-order valence-corrected chi connectivity index (χ0v) is 15.0. The molecule has 0 saturated carbocycles. The minimum Gasteiger partial charge on any atom is -0.336 e. The van der Waals surface area contributed by atoms with Crippen molar-refractivity contribution in [3.8, 4) is 0 Å². The van der Waals surface area contributed by atoms with Crippen molar-refractivity contribution >= 4 is 17.5 Å². The van der Waals surface area contributed by atoms with Crippen LogP contribution >= 0.6 is 0 Å². The van der Waals surface area contributed by atoms with Crippen LogP contribution < -0.4 is 16.2 Å². The van der Waals surface area contributed by atoms with Crippen molar-refractivity contribution in [2.75, 3.05) is 25.5 Å². The molecule has 0 aromatic heterocycles. The van der Waals surface area contributed by atoms with E-state index in [1.165, 1.54) is 4.90 Å². The van der Waals surface area contributed by atoms with E-state index in [-0.39, 0.29) is 30.3 Å². The van der Waals surface area contributed by atoms with E-state index in [9.17, 15) is 9.59 Å². The molecule has 6 heteroatoms. The van der Waals surface area contributed by atoms with Crippen LogP contribution in [0.4, 0.5) is 5.69 Å². The van der Waals surface area contributed by atoms with E-state index in [1.54, 1.807) is 7.05 Å². The van der Waals surface area contributed by atoms with Gasteiger partial charge in [-0.1, -0.05) is 48.0 Å². The number of benzene rings is 2. The lowest BCUT2D eigenvalue weighted by Crippen LogP contribution is -2.40. The van der Waals surface area contributed by atoms with Gasteiger partial charge in [0.25, 0.3) is 0 Å². The predicted molar refractivity (Wildman–Crippen MR) is 101 cm³/mol. The second-order valence-corrected chi connectivity index (χ2v) is 6.63. The number of amides is 2. The zero-order valence-electron chi connectivity index (χ0n) is 15.0. The van der Waals surface area contributed by atoms with Gasteiger partial charge >= 0.3 is 0 Å². The molecular weight excluding hydrogens is 328 g/mol. The van der Waals surface area contributed by atoms with Gasteiger partial charge in [-0.05, 0) is 24.6 Å². The molecule has 0 radical (unpaired) electrons. The number of anilines is 1. The first-order valence-electron chi connectivity index (χ1n) is 8.69. The van der Waals surface area contributed by atoms with Gasteiger partial charge in [0, 0.05) is 19.3 Å². The van der Waals surface area contributed by atoms with Crippen LogP contribution in [0.5, 0.6) is 0 Å². The third-order valence-corrected chi connectivity index (χ3v) is 4.55. The molecule has 136 valence electrons. The Labute approximate surface area is 153 Å². The highest BCUT2D eigenvalue weighted by molar-refractivity contribution is 5.94. The third-order valence-electron chi connectivity index (χ3n) is 4.55. The molecule has 2 amide bonds. The summed E-state index contributed by atoms with van der Waals surface area (Å²) in [6.07, 6.45) is 0. The molecule has 2 unspecified atom stereocenters. The molecule has 26 heavy (non-hydrogen) atoms. The number of hydrazine groups is 1. The maximum Gasteiger partial charge on any atom is 0.243 e. The fraction of sp³-hybridized carbons (Fsp3) is 0.300. The maximum absolute atomic E-state index is 12.8.